The molecule has 0 saturated heterocycles. The molecule has 4 aliphatic carbocycles. The van der Waals surface area contributed by atoms with Crippen LogP contribution in [0.2, 0.25) is 0 Å². The molecule has 0 heterocycles. The maximum atomic E-state index is 10.5. The summed E-state index contributed by atoms with van der Waals surface area (Å²) in [4.78, 5) is 20.9. The zero-order valence-corrected chi connectivity index (χ0v) is 64.6. The molecule has 10 heteroatoms. The molecule has 4 aromatic carbocycles. The van der Waals surface area contributed by atoms with Gasteiger partial charge in [0.15, 0.2) is 6.10 Å². The summed E-state index contributed by atoms with van der Waals surface area (Å²) in [6.45, 7) is 28.2. The predicted octanol–water partition coefficient (Wildman–Crippen LogP) is 16.4. The predicted molar refractivity (Wildman–Crippen MR) is 428 cm³/mol. The number of hydrogen-bond acceptors (Lipinski definition) is 8. The zero-order valence-electron chi connectivity index (χ0n) is 64.6. The van der Waals surface area contributed by atoms with Crippen LogP contribution in [0, 0.1) is 142 Å². The van der Waals surface area contributed by atoms with Crippen molar-refractivity contribution in [2.45, 2.75) is 241 Å². The number of nitrogens with one attached hydrogen (secondary N) is 4. The van der Waals surface area contributed by atoms with Gasteiger partial charge in [-0.2, -0.15) is 0 Å². The summed E-state index contributed by atoms with van der Waals surface area (Å²) < 4.78 is 23.9. The smallest absolute Gasteiger partial charge is 0.216 e. The lowest BCUT2D eigenvalue weighted by molar-refractivity contribution is -0.120. The van der Waals surface area contributed by atoms with Crippen LogP contribution in [0.15, 0.2) is 109 Å². The number of fused-ring (bicyclic) bond motifs is 2. The Morgan fingerprint density at radius 3 is 1.34 bits per heavy atom. The van der Waals surface area contributed by atoms with E-state index in [0.717, 1.165) is 87.9 Å². The van der Waals surface area contributed by atoms with Gasteiger partial charge in [0.2, 0.25) is 11.8 Å². The Balaban J connectivity index is 0.000000416. The minimum Gasteiger partial charge on any atom is -0.478 e. The first-order chi connectivity index (χ1) is 49.5. The summed E-state index contributed by atoms with van der Waals surface area (Å²) in [5.74, 6) is 55.2. The Morgan fingerprint density at radius 2 is 0.874 bits per heavy atom. The lowest BCUT2D eigenvalue weighted by atomic mass is 9.90. The molecule has 8 rings (SSSR count). The summed E-state index contributed by atoms with van der Waals surface area (Å²) in [7, 11) is 3.75. The van der Waals surface area contributed by atoms with Gasteiger partial charge in [-0.05, 0) is 235 Å². The molecule has 10 nitrogen and oxygen atoms in total. The SMILES string of the molecule is C#CC#CC#CC#CC#CC#CC#C.C1#CC(OCc2ccccc2)CCCCC1.C1#CC(Oc2ccccc2)CCCCC1.CCC(C)(C)COC1C#CCCCCC1.CCC(C)(C)COC1Cc2ccccc2C#Cc2ccccc21.CNC(C)(C)CNC(C)=O.CNC(C)(C)CNC(C)=O. The molecule has 4 unspecified atom stereocenters. The average Bonchev–Trinajstić information content (AvgIpc) is 0.813. The zero-order chi connectivity index (χ0) is 75.7. The van der Waals surface area contributed by atoms with Crippen LogP contribution < -0.4 is 26.0 Å². The molecule has 4 aromatic rings. The highest BCUT2D eigenvalue weighted by molar-refractivity contribution is 5.73. The minimum absolute atomic E-state index is 0.00826. The molecular weight excluding hydrogens is 1270 g/mol. The molecule has 0 spiro atoms. The maximum Gasteiger partial charge on any atom is 0.216 e. The van der Waals surface area contributed by atoms with Crippen LogP contribution in [0.1, 0.15) is 226 Å². The number of amides is 2. The Labute approximate surface area is 624 Å². The topological polar surface area (TPSA) is 119 Å². The number of carbonyl (C=O) groups excluding carboxylic acids is 2. The van der Waals surface area contributed by atoms with Gasteiger partial charge in [-0.3, -0.25) is 9.59 Å². The lowest BCUT2D eigenvalue weighted by Gasteiger charge is -2.28. The lowest BCUT2D eigenvalue weighted by Crippen LogP contribution is -2.46. The van der Waals surface area contributed by atoms with Gasteiger partial charge in [0, 0.05) is 74.8 Å². The standard InChI is InChI=1S/C22H24O.C15H18O.C14H16O.C14H24O.C14H2.2C7H16N2O/c1-4-22(2,3)16-23-21-15-19-11-6-5-9-17(19)13-14-18-10-7-8-12-20(18)21;1-2-7-11-15(12-8-3-1)16-13-14-9-5-4-6-10-14;1-2-5-9-13(10-6-3-1)15-14-11-7-4-8-12-14;1-4-14(2,3)12-15-13-10-8-6-5-7-9-11-13;1-3-5-7-9-11-13-14-12-10-8-6-4-2;2*1-6(10)9-5-7(2,3)8-4/h5-12,21H,4,15-16H2,1-3H3;4-6,9-10,15H,1-3,7,11,13H2;4,7-8,11-13H,1-3,5,9H2;13H,4-8,10,12H2,1-3H3;1-2H;2*8H,5H2,1-4H3,(H,9,10). The van der Waals surface area contributed by atoms with Crippen LogP contribution in [0.5, 0.6) is 5.75 Å². The Kier molecular flexibility index (Phi) is 47.3. The van der Waals surface area contributed by atoms with E-state index in [2.05, 4.69) is 236 Å². The van der Waals surface area contributed by atoms with Crippen molar-refractivity contribution in [1.29, 1.82) is 0 Å². The summed E-state index contributed by atoms with van der Waals surface area (Å²) >= 11 is 0. The molecule has 0 aromatic heterocycles. The Morgan fingerprint density at radius 1 is 0.476 bits per heavy atom. The normalized spacial score (nSPS) is 15.8. The first-order valence-corrected chi connectivity index (χ1v) is 36.5. The van der Waals surface area contributed by atoms with E-state index in [0.29, 0.717) is 25.1 Å². The summed E-state index contributed by atoms with van der Waals surface area (Å²) in [6.07, 6.45) is 31.1. The first kappa shape index (κ1) is 89.7. The molecule has 4 N–H and O–H groups in total. The van der Waals surface area contributed by atoms with Gasteiger partial charge < -0.3 is 40.2 Å². The van der Waals surface area contributed by atoms with Crippen LogP contribution >= 0.6 is 0 Å². The number of likely N-dealkylation sites (N-methyl/N-ethyl adjacent to an activating group) is 2. The quantitative estimate of drug-likeness (QED) is 0.0686. The number of hydrogen-bond donors (Lipinski definition) is 4. The number of terminal acetylenes is 2. The van der Waals surface area contributed by atoms with Crippen LogP contribution in [0.25, 0.3) is 0 Å². The molecule has 2 amide bonds. The summed E-state index contributed by atoms with van der Waals surface area (Å²) in [5, 5.41) is 11.6. The van der Waals surface area contributed by atoms with E-state index in [1.807, 2.05) is 96.4 Å². The molecule has 0 aliphatic heterocycles. The fourth-order valence-corrected chi connectivity index (χ4v) is 9.06. The highest BCUT2D eigenvalue weighted by Gasteiger charge is 2.24. The van der Waals surface area contributed by atoms with Crippen molar-refractivity contribution in [3.05, 3.63) is 137 Å². The van der Waals surface area contributed by atoms with E-state index in [1.54, 1.807) is 0 Å². The van der Waals surface area contributed by atoms with E-state index in [4.69, 9.17) is 31.8 Å². The third-order valence-corrected chi connectivity index (χ3v) is 16.9. The van der Waals surface area contributed by atoms with Gasteiger partial charge in [0.05, 0.1) is 25.9 Å². The number of ether oxygens (including phenoxy) is 4. The van der Waals surface area contributed by atoms with E-state index in [-0.39, 0.29) is 52.7 Å². The van der Waals surface area contributed by atoms with Crippen molar-refractivity contribution in [3.63, 3.8) is 0 Å². The molecule has 4 atom stereocenters. The molecule has 103 heavy (non-hydrogen) atoms. The van der Waals surface area contributed by atoms with Gasteiger partial charge in [-0.1, -0.05) is 181 Å². The molecular formula is C93H116N4O6. The largest absolute Gasteiger partial charge is 0.478 e. The average molecular weight is 1390 g/mol. The van der Waals surface area contributed by atoms with Gasteiger partial charge >= 0.3 is 0 Å². The van der Waals surface area contributed by atoms with Crippen molar-refractivity contribution < 1.29 is 28.5 Å². The molecule has 4 aliphatic rings. The van der Waals surface area contributed by atoms with Gasteiger partial charge in [0.1, 0.15) is 18.0 Å². The third kappa shape index (κ3) is 46.7. The Hall–Kier alpha value is -9.42. The maximum absolute atomic E-state index is 10.5. The molecule has 544 valence electrons. The molecule has 0 radical (unpaired) electrons. The molecule has 0 bridgehead atoms. The van der Waals surface area contributed by atoms with Crippen molar-refractivity contribution in [3.8, 4) is 137 Å². The van der Waals surface area contributed by atoms with Crippen LogP contribution in [0.3, 0.4) is 0 Å². The van der Waals surface area contributed by atoms with Crippen molar-refractivity contribution in [2.75, 3.05) is 40.4 Å². The Bertz CT molecular complexity index is 3750. The van der Waals surface area contributed by atoms with Crippen molar-refractivity contribution in [1.82, 2.24) is 21.3 Å². The number of carbonyl (C=O) groups is 2. The molecule has 0 fully saturated rings. The summed E-state index contributed by atoms with van der Waals surface area (Å²) in [6, 6.07) is 37.0. The number of benzene rings is 4. The third-order valence-electron chi connectivity index (χ3n) is 16.9. The minimum atomic E-state index is -0.00826. The van der Waals surface area contributed by atoms with Crippen molar-refractivity contribution >= 4 is 11.8 Å². The first-order valence-electron chi connectivity index (χ1n) is 36.5. The van der Waals surface area contributed by atoms with Crippen LogP contribution in [-0.4, -0.2) is 81.6 Å². The number of rotatable bonds is 19. The van der Waals surface area contributed by atoms with Crippen LogP contribution in [0.4, 0.5) is 0 Å². The number of para-hydroxylation sites is 1. The van der Waals surface area contributed by atoms with Crippen molar-refractivity contribution in [2.24, 2.45) is 10.8 Å². The summed E-state index contributed by atoms with van der Waals surface area (Å²) in [5.41, 5.74) is 6.39. The highest BCUT2D eigenvalue weighted by atomic mass is 16.5. The monoisotopic (exact) mass is 1380 g/mol. The second-order valence-corrected chi connectivity index (χ2v) is 27.9. The van der Waals surface area contributed by atoms with Gasteiger partial charge in [-0.25, -0.2) is 0 Å². The highest BCUT2D eigenvalue weighted by Crippen LogP contribution is 2.32. The van der Waals surface area contributed by atoms with E-state index in [1.165, 1.54) is 88.3 Å². The second kappa shape index (κ2) is 54.3. The van der Waals surface area contributed by atoms with Crippen LogP contribution in [-0.2, 0) is 36.8 Å². The van der Waals surface area contributed by atoms with E-state index in [9.17, 15) is 9.59 Å². The molecule has 0 saturated carbocycles. The van der Waals surface area contributed by atoms with Gasteiger partial charge in [-0.15, -0.1) is 24.7 Å². The van der Waals surface area contributed by atoms with E-state index >= 15 is 0 Å². The fraction of sp³-hybridized carbons (Fsp3) is 0.484. The fourth-order valence-electron chi connectivity index (χ4n) is 9.06. The van der Waals surface area contributed by atoms with Gasteiger partial charge in [0.25, 0.3) is 0 Å². The second-order valence-electron chi connectivity index (χ2n) is 27.9. The van der Waals surface area contributed by atoms with E-state index < -0.39 is 0 Å².